The maximum Gasteiger partial charge on any atom is 0.151 e. The van der Waals surface area contributed by atoms with E-state index >= 15 is 0 Å². The Morgan fingerprint density at radius 3 is 3.06 bits per heavy atom. The van der Waals surface area contributed by atoms with E-state index in [1.807, 2.05) is 0 Å². The molecule has 0 aromatic carbocycles. The molecule has 1 aromatic rings. The van der Waals surface area contributed by atoms with Crippen molar-refractivity contribution < 1.29 is 4.52 Å². The third kappa shape index (κ3) is 3.12. The molecule has 4 nitrogen and oxygen atoms in total. The van der Waals surface area contributed by atoms with Gasteiger partial charge in [0.05, 0.1) is 12.2 Å². The monoisotopic (exact) mass is 249 g/mol. The highest BCUT2D eigenvalue weighted by molar-refractivity contribution is 5.06. The first kappa shape index (κ1) is 12.2. The molecule has 1 saturated heterocycles. The zero-order valence-corrected chi connectivity index (χ0v) is 11.2. The van der Waals surface area contributed by atoms with Crippen LogP contribution in [0.25, 0.3) is 0 Å². The predicted octanol–water partition coefficient (Wildman–Crippen LogP) is 2.16. The molecule has 3 rings (SSSR count). The minimum absolute atomic E-state index is 0.731. The van der Waals surface area contributed by atoms with Gasteiger partial charge in [0.15, 0.2) is 5.76 Å². The van der Waals surface area contributed by atoms with Gasteiger partial charge in [-0.2, -0.15) is 0 Å². The molecule has 1 aliphatic heterocycles. The van der Waals surface area contributed by atoms with E-state index in [-0.39, 0.29) is 0 Å². The Morgan fingerprint density at radius 1 is 1.44 bits per heavy atom. The Labute approximate surface area is 109 Å². The van der Waals surface area contributed by atoms with E-state index in [1.165, 1.54) is 38.8 Å². The van der Waals surface area contributed by atoms with Gasteiger partial charge in [0.2, 0.25) is 0 Å². The van der Waals surface area contributed by atoms with Crippen molar-refractivity contribution in [1.82, 2.24) is 15.4 Å². The highest BCUT2D eigenvalue weighted by atomic mass is 16.5. The number of hydrogen-bond donors (Lipinski definition) is 1. The van der Waals surface area contributed by atoms with Crippen LogP contribution in [0.5, 0.6) is 0 Å². The summed E-state index contributed by atoms with van der Waals surface area (Å²) in [5, 5.41) is 7.59. The number of rotatable bonds is 6. The lowest BCUT2D eigenvalue weighted by atomic mass is 10.1. The molecule has 0 bridgehead atoms. The van der Waals surface area contributed by atoms with E-state index in [0.717, 1.165) is 36.5 Å². The van der Waals surface area contributed by atoms with Gasteiger partial charge in [-0.15, -0.1) is 0 Å². The number of hydrogen-bond acceptors (Lipinski definition) is 4. The standard InChI is InChI=1S/C14H23N3O/c1-2-11-5-6-17(9-11)10-14-7-13(16-18-14)8-15-12-3-4-12/h7,11-12,15H,2-6,8-10H2,1H3. The van der Waals surface area contributed by atoms with Crippen molar-refractivity contribution in [3.8, 4) is 0 Å². The van der Waals surface area contributed by atoms with Gasteiger partial charge in [-0.05, 0) is 31.7 Å². The highest BCUT2D eigenvalue weighted by Gasteiger charge is 2.23. The summed E-state index contributed by atoms with van der Waals surface area (Å²) >= 11 is 0. The van der Waals surface area contributed by atoms with Crippen LogP contribution in [-0.2, 0) is 13.1 Å². The van der Waals surface area contributed by atoms with Crippen LogP contribution in [-0.4, -0.2) is 29.2 Å². The molecule has 2 heterocycles. The van der Waals surface area contributed by atoms with Crippen LogP contribution in [0.2, 0.25) is 0 Å². The lowest BCUT2D eigenvalue weighted by Crippen LogP contribution is -2.19. The van der Waals surface area contributed by atoms with Crippen LogP contribution in [0, 0.1) is 5.92 Å². The SMILES string of the molecule is CCC1CCN(Cc2cc(CNC3CC3)no2)C1. The molecule has 0 amide bonds. The van der Waals surface area contributed by atoms with Gasteiger partial charge in [-0.1, -0.05) is 18.5 Å². The first-order valence-electron chi connectivity index (χ1n) is 7.23. The smallest absolute Gasteiger partial charge is 0.151 e. The number of nitrogens with one attached hydrogen (secondary N) is 1. The Bertz CT molecular complexity index is 386. The third-order valence-corrected chi connectivity index (χ3v) is 4.08. The Kier molecular flexibility index (Phi) is 3.66. The van der Waals surface area contributed by atoms with Gasteiger partial charge in [0, 0.05) is 25.2 Å². The molecule has 1 aliphatic carbocycles. The van der Waals surface area contributed by atoms with Crippen LogP contribution in [0.1, 0.15) is 44.1 Å². The first-order valence-corrected chi connectivity index (χ1v) is 7.23. The summed E-state index contributed by atoms with van der Waals surface area (Å²) in [6.07, 6.45) is 5.26. The molecular weight excluding hydrogens is 226 g/mol. The Balaban J connectivity index is 1.47. The summed E-state index contributed by atoms with van der Waals surface area (Å²) in [5.74, 6) is 1.89. The predicted molar refractivity (Wildman–Crippen MR) is 70.0 cm³/mol. The number of likely N-dealkylation sites (tertiary alicyclic amines) is 1. The van der Waals surface area contributed by atoms with E-state index < -0.39 is 0 Å². The van der Waals surface area contributed by atoms with Crippen molar-refractivity contribution in [2.24, 2.45) is 5.92 Å². The average Bonchev–Trinajstić information content (AvgIpc) is 2.93. The van der Waals surface area contributed by atoms with E-state index in [1.54, 1.807) is 0 Å². The Morgan fingerprint density at radius 2 is 2.33 bits per heavy atom. The second-order valence-electron chi connectivity index (χ2n) is 5.74. The summed E-state index contributed by atoms with van der Waals surface area (Å²) < 4.78 is 5.42. The second kappa shape index (κ2) is 5.41. The minimum atomic E-state index is 0.731. The average molecular weight is 249 g/mol. The molecule has 2 aliphatic rings. The summed E-state index contributed by atoms with van der Waals surface area (Å²) in [4.78, 5) is 2.48. The van der Waals surface area contributed by atoms with Gasteiger partial charge in [-0.25, -0.2) is 0 Å². The number of nitrogens with zero attached hydrogens (tertiary/aromatic N) is 2. The zero-order chi connectivity index (χ0) is 12.4. The fourth-order valence-electron chi connectivity index (χ4n) is 2.66. The largest absolute Gasteiger partial charge is 0.360 e. The van der Waals surface area contributed by atoms with Crippen LogP contribution >= 0.6 is 0 Å². The topological polar surface area (TPSA) is 41.3 Å². The van der Waals surface area contributed by atoms with Gasteiger partial charge < -0.3 is 9.84 Å². The van der Waals surface area contributed by atoms with Crippen LogP contribution in [0.4, 0.5) is 0 Å². The van der Waals surface area contributed by atoms with Crippen molar-refractivity contribution in [3.63, 3.8) is 0 Å². The zero-order valence-electron chi connectivity index (χ0n) is 11.2. The fraction of sp³-hybridized carbons (Fsp3) is 0.786. The molecular formula is C14H23N3O. The summed E-state index contributed by atoms with van der Waals surface area (Å²) in [5.41, 5.74) is 1.04. The third-order valence-electron chi connectivity index (χ3n) is 4.08. The van der Waals surface area contributed by atoms with E-state index in [2.05, 4.69) is 28.4 Å². The lowest BCUT2D eigenvalue weighted by molar-refractivity contribution is 0.264. The van der Waals surface area contributed by atoms with E-state index in [0.29, 0.717) is 0 Å². The van der Waals surface area contributed by atoms with Gasteiger partial charge >= 0.3 is 0 Å². The van der Waals surface area contributed by atoms with Crippen molar-refractivity contribution >= 4 is 0 Å². The Hall–Kier alpha value is -0.870. The molecule has 2 fully saturated rings. The summed E-state index contributed by atoms with van der Waals surface area (Å²) in [6, 6.07) is 2.84. The molecule has 1 saturated carbocycles. The normalized spacial score (nSPS) is 24.8. The van der Waals surface area contributed by atoms with Crippen molar-refractivity contribution in [2.45, 2.75) is 51.7 Å². The summed E-state index contributed by atoms with van der Waals surface area (Å²) in [6.45, 7) is 6.48. The molecule has 100 valence electrons. The van der Waals surface area contributed by atoms with Gasteiger partial charge in [0.25, 0.3) is 0 Å². The maximum absolute atomic E-state index is 5.42. The van der Waals surface area contributed by atoms with Gasteiger partial charge in [-0.3, -0.25) is 4.90 Å². The second-order valence-corrected chi connectivity index (χ2v) is 5.74. The fourth-order valence-corrected chi connectivity index (χ4v) is 2.66. The molecule has 1 N–H and O–H groups in total. The molecule has 1 atom stereocenters. The maximum atomic E-state index is 5.42. The summed E-state index contributed by atoms with van der Waals surface area (Å²) in [7, 11) is 0. The van der Waals surface area contributed by atoms with Crippen LogP contribution in [0.15, 0.2) is 10.6 Å². The quantitative estimate of drug-likeness (QED) is 0.839. The molecule has 18 heavy (non-hydrogen) atoms. The molecule has 1 aromatic heterocycles. The minimum Gasteiger partial charge on any atom is -0.360 e. The van der Waals surface area contributed by atoms with Crippen molar-refractivity contribution in [1.29, 1.82) is 0 Å². The molecule has 4 heteroatoms. The van der Waals surface area contributed by atoms with Gasteiger partial charge in [0.1, 0.15) is 0 Å². The molecule has 0 radical (unpaired) electrons. The van der Waals surface area contributed by atoms with Crippen LogP contribution < -0.4 is 5.32 Å². The molecule has 0 spiro atoms. The van der Waals surface area contributed by atoms with Crippen molar-refractivity contribution in [3.05, 3.63) is 17.5 Å². The van der Waals surface area contributed by atoms with E-state index in [4.69, 9.17) is 4.52 Å². The highest BCUT2D eigenvalue weighted by Crippen LogP contribution is 2.22. The number of aromatic nitrogens is 1. The lowest BCUT2D eigenvalue weighted by Gasteiger charge is -2.12. The van der Waals surface area contributed by atoms with E-state index in [9.17, 15) is 0 Å². The van der Waals surface area contributed by atoms with Crippen LogP contribution in [0.3, 0.4) is 0 Å². The van der Waals surface area contributed by atoms with Crippen molar-refractivity contribution in [2.75, 3.05) is 13.1 Å². The molecule has 1 unspecified atom stereocenters. The first-order chi connectivity index (χ1) is 8.83.